The summed E-state index contributed by atoms with van der Waals surface area (Å²) in [5.41, 5.74) is 0.401. The Hall–Kier alpha value is -1.06. The number of aromatic nitrogens is 1. The summed E-state index contributed by atoms with van der Waals surface area (Å²) in [4.78, 5) is 4.35. The number of pyridine rings is 1. The minimum atomic E-state index is -1.65. The van der Waals surface area contributed by atoms with Crippen LogP contribution in [0.4, 0.5) is 4.39 Å². The average Bonchev–Trinajstić information content (AvgIpc) is 2.83. The third-order valence-corrected chi connectivity index (χ3v) is 4.61. The third-order valence-electron chi connectivity index (χ3n) is 3.43. The largest absolute Gasteiger partial charge is 0.490 e. The second kappa shape index (κ2) is 6.37. The molecule has 1 unspecified atom stereocenters. The van der Waals surface area contributed by atoms with E-state index in [0.29, 0.717) is 16.2 Å². The zero-order chi connectivity index (χ0) is 14.8. The first-order chi connectivity index (χ1) is 10.2. The molecule has 8 heteroatoms. The fourth-order valence-corrected chi connectivity index (χ4v) is 3.42. The molecule has 2 N–H and O–H groups in total. The van der Waals surface area contributed by atoms with Crippen molar-refractivity contribution < 1.29 is 23.9 Å². The highest BCUT2D eigenvalue weighted by atomic mass is 32.1. The van der Waals surface area contributed by atoms with Gasteiger partial charge in [-0.1, -0.05) is 0 Å². The molecule has 112 valence electrons. The zero-order valence-corrected chi connectivity index (χ0v) is 12.1. The normalized spacial score (nSPS) is 19.1. The second-order valence-corrected chi connectivity index (χ2v) is 6.00. The number of hydrogen-bond donors (Lipinski definition) is 2. The molecule has 3 rings (SSSR count). The lowest BCUT2D eigenvalue weighted by atomic mass is 9.81. The lowest BCUT2D eigenvalue weighted by Crippen LogP contribution is -2.30. The third kappa shape index (κ3) is 3.09. The summed E-state index contributed by atoms with van der Waals surface area (Å²) in [6.45, 7) is 0.764. The summed E-state index contributed by atoms with van der Waals surface area (Å²) < 4.78 is 25.7. The Labute approximate surface area is 125 Å². The quantitative estimate of drug-likeness (QED) is 0.829. The lowest BCUT2D eigenvalue weighted by Gasteiger charge is -2.22. The number of thiophene rings is 1. The van der Waals surface area contributed by atoms with Crippen LogP contribution in [0.5, 0.6) is 0 Å². The van der Waals surface area contributed by atoms with E-state index in [4.69, 9.17) is 9.47 Å². The van der Waals surface area contributed by atoms with Crippen LogP contribution in [-0.2, 0) is 16.1 Å². The molecule has 1 fully saturated rings. The van der Waals surface area contributed by atoms with Crippen molar-refractivity contribution in [2.75, 3.05) is 6.61 Å². The van der Waals surface area contributed by atoms with Crippen molar-refractivity contribution in [3.63, 3.8) is 0 Å². The van der Waals surface area contributed by atoms with Crippen molar-refractivity contribution in [1.82, 2.24) is 4.98 Å². The first kappa shape index (κ1) is 14.9. The Morgan fingerprint density at radius 3 is 3.05 bits per heavy atom. The predicted octanol–water partition coefficient (Wildman–Crippen LogP) is 1.16. The van der Waals surface area contributed by atoms with Crippen LogP contribution < -0.4 is 5.46 Å². The molecule has 0 spiro atoms. The molecule has 1 atom stereocenters. The highest BCUT2D eigenvalue weighted by Crippen LogP contribution is 2.29. The summed E-state index contributed by atoms with van der Waals surface area (Å²) >= 11 is 1.13. The Morgan fingerprint density at radius 1 is 1.48 bits per heavy atom. The maximum absolute atomic E-state index is 14.3. The molecule has 5 nitrogen and oxygen atoms in total. The van der Waals surface area contributed by atoms with Crippen molar-refractivity contribution in [1.29, 1.82) is 0 Å². The van der Waals surface area contributed by atoms with Crippen LogP contribution >= 0.6 is 11.3 Å². The molecular formula is C13H15BFNO4S. The molecule has 0 amide bonds. The monoisotopic (exact) mass is 311 g/mol. The van der Waals surface area contributed by atoms with Gasteiger partial charge in [0.2, 0.25) is 0 Å². The Balaban J connectivity index is 1.82. The highest BCUT2D eigenvalue weighted by Gasteiger charge is 2.22. The molecule has 2 aromatic rings. The summed E-state index contributed by atoms with van der Waals surface area (Å²) in [7, 11) is -1.65. The maximum atomic E-state index is 14.3. The standard InChI is InChI=1S/C13H15BFNO4S/c15-11-9(7-20-10-3-1-2-6-19-10)21-13-8(14(17)18)4-5-16-12(11)13/h4-5,10,17-18H,1-3,6-7H2. The highest BCUT2D eigenvalue weighted by molar-refractivity contribution is 7.20. The molecule has 0 aromatic carbocycles. The first-order valence-corrected chi connectivity index (χ1v) is 7.63. The molecular weight excluding hydrogens is 296 g/mol. The summed E-state index contributed by atoms with van der Waals surface area (Å²) in [6.07, 6.45) is 3.95. The van der Waals surface area contributed by atoms with Crippen LogP contribution in [0.1, 0.15) is 24.1 Å². The number of halogens is 1. The van der Waals surface area contributed by atoms with Crippen LogP contribution in [0.3, 0.4) is 0 Å². The molecule has 1 aliphatic rings. The molecule has 1 aliphatic heterocycles. The van der Waals surface area contributed by atoms with Gasteiger partial charge in [0.05, 0.1) is 16.2 Å². The van der Waals surface area contributed by atoms with E-state index in [-0.39, 0.29) is 23.9 Å². The Kier molecular flexibility index (Phi) is 4.51. The van der Waals surface area contributed by atoms with Crippen LogP contribution in [0, 0.1) is 5.82 Å². The van der Waals surface area contributed by atoms with Gasteiger partial charge < -0.3 is 19.5 Å². The Bertz CT molecular complexity index is 630. The van der Waals surface area contributed by atoms with Gasteiger partial charge in [-0.05, 0) is 25.3 Å². The summed E-state index contributed by atoms with van der Waals surface area (Å²) in [5.74, 6) is -0.465. The van der Waals surface area contributed by atoms with Crippen LogP contribution in [-0.4, -0.2) is 35.0 Å². The van der Waals surface area contributed by atoms with E-state index in [0.717, 1.165) is 30.6 Å². The van der Waals surface area contributed by atoms with Gasteiger partial charge in [0.15, 0.2) is 12.1 Å². The maximum Gasteiger partial charge on any atom is 0.490 e. The molecule has 1 saturated heterocycles. The minimum absolute atomic E-state index is 0.0957. The van der Waals surface area contributed by atoms with E-state index < -0.39 is 12.9 Å². The second-order valence-electron chi connectivity index (χ2n) is 4.90. The minimum Gasteiger partial charge on any atom is -0.423 e. The molecule has 0 aliphatic carbocycles. The number of hydrogen-bond acceptors (Lipinski definition) is 6. The van der Waals surface area contributed by atoms with Gasteiger partial charge in [0.25, 0.3) is 0 Å². The van der Waals surface area contributed by atoms with Crippen molar-refractivity contribution >= 4 is 34.1 Å². The average molecular weight is 311 g/mol. The molecule has 2 aromatic heterocycles. The van der Waals surface area contributed by atoms with E-state index in [1.807, 2.05) is 0 Å². The van der Waals surface area contributed by atoms with Gasteiger partial charge in [-0.3, -0.25) is 4.98 Å². The van der Waals surface area contributed by atoms with Gasteiger partial charge in [-0.25, -0.2) is 4.39 Å². The molecule has 0 saturated carbocycles. The topological polar surface area (TPSA) is 71.8 Å². The van der Waals surface area contributed by atoms with Crippen LogP contribution in [0.15, 0.2) is 12.3 Å². The van der Waals surface area contributed by atoms with Gasteiger partial charge in [-0.2, -0.15) is 0 Å². The predicted molar refractivity (Wildman–Crippen MR) is 77.8 cm³/mol. The number of rotatable bonds is 4. The van der Waals surface area contributed by atoms with E-state index in [1.54, 1.807) is 0 Å². The van der Waals surface area contributed by atoms with Gasteiger partial charge in [0.1, 0.15) is 5.52 Å². The van der Waals surface area contributed by atoms with Crippen LogP contribution in [0.2, 0.25) is 0 Å². The van der Waals surface area contributed by atoms with E-state index in [2.05, 4.69) is 4.98 Å². The number of ether oxygens (including phenoxy) is 2. The molecule has 3 heterocycles. The van der Waals surface area contributed by atoms with E-state index in [9.17, 15) is 14.4 Å². The van der Waals surface area contributed by atoms with Crippen molar-refractivity contribution in [2.24, 2.45) is 0 Å². The molecule has 21 heavy (non-hydrogen) atoms. The van der Waals surface area contributed by atoms with Crippen LogP contribution in [0.25, 0.3) is 10.2 Å². The Morgan fingerprint density at radius 2 is 2.33 bits per heavy atom. The van der Waals surface area contributed by atoms with E-state index in [1.165, 1.54) is 12.3 Å². The fraction of sp³-hybridized carbons (Fsp3) is 0.462. The fourth-order valence-electron chi connectivity index (χ4n) is 2.33. The zero-order valence-electron chi connectivity index (χ0n) is 11.3. The summed E-state index contributed by atoms with van der Waals surface area (Å²) in [5, 5.41) is 18.6. The first-order valence-electron chi connectivity index (χ1n) is 6.82. The lowest BCUT2D eigenvalue weighted by molar-refractivity contribution is -0.168. The van der Waals surface area contributed by atoms with Crippen molar-refractivity contribution in [3.05, 3.63) is 23.0 Å². The van der Waals surface area contributed by atoms with Crippen molar-refractivity contribution in [3.8, 4) is 0 Å². The summed E-state index contributed by atoms with van der Waals surface area (Å²) in [6, 6.07) is 1.47. The van der Waals surface area contributed by atoms with Gasteiger partial charge >= 0.3 is 7.12 Å². The molecule has 0 bridgehead atoms. The SMILES string of the molecule is OB(O)c1ccnc2c(F)c(COC3CCCCO3)sc12. The smallest absolute Gasteiger partial charge is 0.423 e. The number of fused-ring (bicyclic) bond motifs is 1. The number of nitrogens with zero attached hydrogens (tertiary/aromatic N) is 1. The van der Waals surface area contributed by atoms with Crippen molar-refractivity contribution in [2.45, 2.75) is 32.2 Å². The molecule has 0 radical (unpaired) electrons. The van der Waals surface area contributed by atoms with E-state index >= 15 is 0 Å². The van der Waals surface area contributed by atoms with Gasteiger partial charge in [0, 0.05) is 18.3 Å². The van der Waals surface area contributed by atoms with Gasteiger partial charge in [-0.15, -0.1) is 11.3 Å².